The minimum Gasteiger partial charge on any atom is -0.493 e. The Hall–Kier alpha value is -3.68. The molecular weight excluding hydrogens is 567 g/mol. The zero-order valence-corrected chi connectivity index (χ0v) is 23.0. The second-order valence-corrected chi connectivity index (χ2v) is 10.2. The summed E-state index contributed by atoms with van der Waals surface area (Å²) in [4.78, 5) is 33.3. The fourth-order valence-electron chi connectivity index (χ4n) is 5.16. The van der Waals surface area contributed by atoms with Crippen molar-refractivity contribution in [2.45, 2.75) is 44.4 Å². The Morgan fingerprint density at radius 2 is 1.98 bits per heavy atom. The molecule has 0 spiro atoms. The standard InChI is InChI=1S/C27H29ClF3N5O5/c1-40-22-13-20-18(12-23(22)41-10-3-2-8-32)24(34-15-33-20)35-19-11-17(28)7-6-16(19)14-36(26(39)27(29,30)31)9-4-5-21(36)25(37)38/h6-7,11-13,15,21H,2-5,8-10,14,32H2,1H3,(H-,33,34,35,37,38)/p+1/t21?,36-/m1/s1. The molecule has 10 nitrogen and oxygen atoms in total. The van der Waals surface area contributed by atoms with Gasteiger partial charge in [0.05, 0.1) is 25.8 Å². The number of halogens is 4. The highest BCUT2D eigenvalue weighted by Gasteiger charge is 2.61. The van der Waals surface area contributed by atoms with Crippen molar-refractivity contribution in [3.8, 4) is 11.5 Å². The highest BCUT2D eigenvalue weighted by Crippen LogP contribution is 2.39. The van der Waals surface area contributed by atoms with Crippen molar-refractivity contribution in [2.24, 2.45) is 5.73 Å². The first-order valence-electron chi connectivity index (χ1n) is 12.9. The Kier molecular flexibility index (Phi) is 9.20. The van der Waals surface area contributed by atoms with Gasteiger partial charge < -0.3 is 25.6 Å². The normalized spacial score (nSPS) is 18.8. The van der Waals surface area contributed by atoms with E-state index >= 15 is 0 Å². The fourth-order valence-corrected chi connectivity index (χ4v) is 5.33. The lowest BCUT2D eigenvalue weighted by atomic mass is 10.1. The second kappa shape index (κ2) is 12.5. The Bertz CT molecular complexity index is 1440. The van der Waals surface area contributed by atoms with E-state index in [1.807, 2.05) is 0 Å². The molecule has 2 aromatic carbocycles. The number of aliphatic carboxylic acids is 1. The van der Waals surface area contributed by atoms with Gasteiger partial charge in [-0.05, 0) is 43.7 Å². The number of likely N-dealkylation sites (tertiary alicyclic amines) is 1. The fraction of sp³-hybridized carbons (Fsp3) is 0.407. The number of alkyl halides is 3. The summed E-state index contributed by atoms with van der Waals surface area (Å²) in [6, 6.07) is 6.25. The first kappa shape index (κ1) is 30.3. The van der Waals surface area contributed by atoms with E-state index in [4.69, 9.17) is 26.8 Å². The van der Waals surface area contributed by atoms with Gasteiger partial charge in [-0.1, -0.05) is 11.6 Å². The number of rotatable bonds is 11. The van der Waals surface area contributed by atoms with Crippen LogP contribution in [0.25, 0.3) is 10.9 Å². The summed E-state index contributed by atoms with van der Waals surface area (Å²) >= 11 is 6.25. The molecule has 41 heavy (non-hydrogen) atoms. The van der Waals surface area contributed by atoms with E-state index in [0.717, 1.165) is 12.8 Å². The summed E-state index contributed by atoms with van der Waals surface area (Å²) in [5.41, 5.74) is 6.58. The molecule has 4 rings (SSSR count). The molecule has 4 N–H and O–H groups in total. The zero-order chi connectivity index (χ0) is 29.8. The number of hydrogen-bond donors (Lipinski definition) is 3. The number of aromatic nitrogens is 2. The number of nitrogens with one attached hydrogen (secondary N) is 1. The number of amides is 1. The van der Waals surface area contributed by atoms with Gasteiger partial charge >= 0.3 is 18.1 Å². The minimum atomic E-state index is -5.22. The molecule has 2 atom stereocenters. The van der Waals surface area contributed by atoms with E-state index in [1.165, 1.54) is 31.6 Å². The molecule has 0 radical (unpaired) electrons. The van der Waals surface area contributed by atoms with Gasteiger partial charge in [0.2, 0.25) is 0 Å². The highest BCUT2D eigenvalue weighted by atomic mass is 35.5. The SMILES string of the molecule is COc1cc2ncnc(Nc3cc(Cl)ccc3C[N@+]3(C(=O)C(F)(F)F)CCCC3C(=O)O)c2cc1OCCCCN. The highest BCUT2D eigenvalue weighted by molar-refractivity contribution is 6.30. The van der Waals surface area contributed by atoms with E-state index in [2.05, 4.69) is 15.3 Å². The van der Waals surface area contributed by atoms with Crippen molar-refractivity contribution in [1.82, 2.24) is 9.97 Å². The van der Waals surface area contributed by atoms with Crippen molar-refractivity contribution >= 4 is 45.9 Å². The summed E-state index contributed by atoms with van der Waals surface area (Å²) in [6.07, 6.45) is -2.31. The Balaban J connectivity index is 1.75. The number of anilines is 2. The molecule has 0 bridgehead atoms. The maximum atomic E-state index is 13.8. The molecule has 3 aromatic rings. The number of carboxylic acid groups (broad SMARTS) is 1. The number of carboxylic acids is 1. The molecule has 0 aliphatic carbocycles. The van der Waals surface area contributed by atoms with Crippen LogP contribution in [0.15, 0.2) is 36.7 Å². The van der Waals surface area contributed by atoms with Crippen LogP contribution in [0.1, 0.15) is 31.2 Å². The number of methoxy groups -OCH3 is 1. The summed E-state index contributed by atoms with van der Waals surface area (Å²) in [5.74, 6) is -2.39. The number of fused-ring (bicyclic) bond motifs is 1. The number of carbonyl (C=O) groups excluding carboxylic acids is 1. The molecule has 1 saturated heterocycles. The number of hydrogen-bond acceptors (Lipinski definition) is 8. The molecule has 220 valence electrons. The minimum absolute atomic E-state index is 0.0556. The summed E-state index contributed by atoms with van der Waals surface area (Å²) in [5, 5.41) is 13.7. The molecule has 14 heteroatoms. The number of nitrogens with zero attached hydrogens (tertiary/aromatic N) is 3. The molecule has 0 saturated carbocycles. The van der Waals surface area contributed by atoms with Gasteiger partial charge in [0.15, 0.2) is 17.5 Å². The molecular formula is C27H30ClF3N5O5+. The van der Waals surface area contributed by atoms with Crippen LogP contribution in [0.4, 0.5) is 24.7 Å². The van der Waals surface area contributed by atoms with Crippen molar-refractivity contribution in [3.05, 3.63) is 47.2 Å². The van der Waals surface area contributed by atoms with Crippen LogP contribution in [0.5, 0.6) is 11.5 Å². The van der Waals surface area contributed by atoms with E-state index in [0.29, 0.717) is 35.6 Å². The van der Waals surface area contributed by atoms with Crippen LogP contribution in [0.3, 0.4) is 0 Å². The van der Waals surface area contributed by atoms with Crippen LogP contribution in [0, 0.1) is 0 Å². The first-order chi connectivity index (χ1) is 19.5. The summed E-state index contributed by atoms with van der Waals surface area (Å²) in [6.45, 7) is 0.148. The number of nitrogens with two attached hydrogens (primary N) is 1. The number of carbonyl (C=O) groups is 2. The van der Waals surface area contributed by atoms with E-state index < -0.39 is 35.1 Å². The van der Waals surface area contributed by atoms with Gasteiger partial charge in [0.1, 0.15) is 18.7 Å². The zero-order valence-electron chi connectivity index (χ0n) is 22.2. The van der Waals surface area contributed by atoms with Gasteiger partial charge in [-0.2, -0.15) is 13.2 Å². The Morgan fingerprint density at radius 3 is 2.66 bits per heavy atom. The monoisotopic (exact) mass is 596 g/mol. The lowest BCUT2D eigenvalue weighted by Gasteiger charge is -2.36. The number of benzene rings is 2. The maximum absolute atomic E-state index is 13.8. The van der Waals surface area contributed by atoms with Gasteiger partial charge in [0, 0.05) is 40.6 Å². The number of quaternary nitrogens is 1. The van der Waals surface area contributed by atoms with Crippen molar-refractivity contribution in [1.29, 1.82) is 0 Å². The van der Waals surface area contributed by atoms with E-state index in [1.54, 1.807) is 12.1 Å². The topological polar surface area (TPSA) is 137 Å². The van der Waals surface area contributed by atoms with Crippen molar-refractivity contribution in [2.75, 3.05) is 32.1 Å². The van der Waals surface area contributed by atoms with Gasteiger partial charge in [-0.3, -0.25) is 0 Å². The van der Waals surface area contributed by atoms with Crippen LogP contribution in [0.2, 0.25) is 5.02 Å². The lowest BCUT2D eigenvalue weighted by molar-refractivity contribution is -0.876. The van der Waals surface area contributed by atoms with Crippen LogP contribution < -0.4 is 20.5 Å². The maximum Gasteiger partial charge on any atom is 0.509 e. The van der Waals surface area contributed by atoms with Gasteiger partial charge in [-0.15, -0.1) is 0 Å². The number of ether oxygens (including phenoxy) is 2. The first-order valence-corrected chi connectivity index (χ1v) is 13.3. The predicted octanol–water partition coefficient (Wildman–Crippen LogP) is 4.81. The average Bonchev–Trinajstić information content (AvgIpc) is 3.36. The molecule has 1 amide bonds. The molecule has 1 fully saturated rings. The van der Waals surface area contributed by atoms with Gasteiger partial charge in [0.25, 0.3) is 0 Å². The third kappa shape index (κ3) is 6.47. The third-order valence-electron chi connectivity index (χ3n) is 7.12. The van der Waals surface area contributed by atoms with Crippen LogP contribution >= 0.6 is 11.6 Å². The average molecular weight is 597 g/mol. The Morgan fingerprint density at radius 1 is 1.20 bits per heavy atom. The van der Waals surface area contributed by atoms with Crippen LogP contribution in [-0.4, -0.2) is 70.5 Å². The molecule has 1 aromatic heterocycles. The van der Waals surface area contributed by atoms with Gasteiger partial charge in [-0.25, -0.2) is 24.0 Å². The molecule has 2 heterocycles. The third-order valence-corrected chi connectivity index (χ3v) is 7.35. The smallest absolute Gasteiger partial charge is 0.493 e. The second-order valence-electron chi connectivity index (χ2n) is 9.73. The lowest BCUT2D eigenvalue weighted by Crippen LogP contribution is -2.62. The summed E-state index contributed by atoms with van der Waals surface area (Å²) < 4.78 is 51.3. The van der Waals surface area contributed by atoms with Crippen molar-refractivity contribution < 1.29 is 41.8 Å². The quantitative estimate of drug-likeness (QED) is 0.210. The number of unbranched alkanes of at least 4 members (excludes halogenated alkanes) is 1. The summed E-state index contributed by atoms with van der Waals surface area (Å²) in [7, 11) is 1.50. The predicted molar refractivity (Wildman–Crippen MR) is 145 cm³/mol. The van der Waals surface area contributed by atoms with E-state index in [-0.39, 0.29) is 41.5 Å². The van der Waals surface area contributed by atoms with Crippen LogP contribution in [-0.2, 0) is 16.1 Å². The molecule has 1 aliphatic rings. The largest absolute Gasteiger partial charge is 0.509 e. The molecule has 1 unspecified atom stereocenters. The molecule has 1 aliphatic heterocycles. The Labute approximate surface area is 238 Å². The van der Waals surface area contributed by atoms with E-state index in [9.17, 15) is 27.9 Å². The van der Waals surface area contributed by atoms with Crippen molar-refractivity contribution in [3.63, 3.8) is 0 Å².